The van der Waals surface area contributed by atoms with E-state index in [0.717, 1.165) is 10.0 Å². The van der Waals surface area contributed by atoms with Gasteiger partial charge >= 0.3 is 5.97 Å². The van der Waals surface area contributed by atoms with Gasteiger partial charge in [-0.1, -0.05) is 27.5 Å². The number of rotatable bonds is 6. The van der Waals surface area contributed by atoms with E-state index in [9.17, 15) is 9.59 Å². The van der Waals surface area contributed by atoms with Crippen LogP contribution in [-0.2, 0) is 14.3 Å². The quantitative estimate of drug-likeness (QED) is 0.584. The summed E-state index contributed by atoms with van der Waals surface area (Å²) in [6, 6.07) is 3.51. The average Bonchev–Trinajstić information content (AvgIpc) is 2.27. The number of Topliss-reactive ketones (excluding diaryl/α,β-unsaturated/α-hetero) is 1. The number of halogens is 2. The molecule has 0 spiro atoms. The zero-order valence-electron chi connectivity index (χ0n) is 10.7. The fourth-order valence-electron chi connectivity index (χ4n) is 1.45. The van der Waals surface area contributed by atoms with Gasteiger partial charge < -0.3 is 9.47 Å². The van der Waals surface area contributed by atoms with Gasteiger partial charge in [-0.05, 0) is 31.5 Å². The zero-order valence-corrected chi connectivity index (χ0v) is 13.0. The number of carbonyl (C=O) groups excluding carboxylic acids is 2. The first-order valence-electron chi connectivity index (χ1n) is 5.69. The van der Waals surface area contributed by atoms with E-state index in [4.69, 9.17) is 16.3 Å². The van der Waals surface area contributed by atoms with Crippen LogP contribution >= 0.6 is 27.5 Å². The molecule has 0 aliphatic heterocycles. The molecule has 19 heavy (non-hydrogen) atoms. The Bertz CT molecular complexity index is 465. The summed E-state index contributed by atoms with van der Waals surface area (Å²) in [5, 5.41) is 0.413. The van der Waals surface area contributed by atoms with Crippen LogP contribution in [0.15, 0.2) is 16.6 Å². The first-order valence-corrected chi connectivity index (χ1v) is 6.87. The molecule has 0 aliphatic rings. The molecule has 4 nitrogen and oxygen atoms in total. The Kier molecular flexibility index (Phi) is 6.31. The predicted molar refractivity (Wildman–Crippen MR) is 75.6 cm³/mol. The number of ether oxygens (including phenoxy) is 2. The van der Waals surface area contributed by atoms with E-state index in [1.807, 2.05) is 13.0 Å². The molecule has 0 atom stereocenters. The molecular weight excluding hydrogens is 335 g/mol. The van der Waals surface area contributed by atoms with E-state index in [-0.39, 0.29) is 25.4 Å². The molecule has 0 N–H and O–H groups in total. The van der Waals surface area contributed by atoms with Gasteiger partial charge in [0, 0.05) is 4.47 Å². The van der Waals surface area contributed by atoms with E-state index in [2.05, 4.69) is 20.7 Å². The fraction of sp³-hybridized carbons (Fsp3) is 0.385. The first kappa shape index (κ1) is 16.0. The van der Waals surface area contributed by atoms with Crippen molar-refractivity contribution in [3.63, 3.8) is 0 Å². The summed E-state index contributed by atoms with van der Waals surface area (Å²) in [5.74, 6) is -0.450. The van der Waals surface area contributed by atoms with Crippen LogP contribution in [-0.4, -0.2) is 25.0 Å². The van der Waals surface area contributed by atoms with Crippen molar-refractivity contribution in [2.75, 3.05) is 13.2 Å². The van der Waals surface area contributed by atoms with Crippen LogP contribution in [0.4, 0.5) is 0 Å². The minimum absolute atomic E-state index is 0.207. The van der Waals surface area contributed by atoms with E-state index < -0.39 is 5.97 Å². The molecule has 0 saturated heterocycles. The van der Waals surface area contributed by atoms with Gasteiger partial charge in [-0.2, -0.15) is 0 Å². The molecular formula is C13H14BrClO4. The molecule has 1 aromatic carbocycles. The van der Waals surface area contributed by atoms with Crippen molar-refractivity contribution in [2.45, 2.75) is 20.3 Å². The third kappa shape index (κ3) is 5.20. The highest BCUT2D eigenvalue weighted by molar-refractivity contribution is 9.10. The summed E-state index contributed by atoms with van der Waals surface area (Å²) < 4.78 is 10.9. The SMILES string of the molecule is CCOC(=O)CC(=O)COc1c(C)cc(Br)cc1Cl. The smallest absolute Gasteiger partial charge is 0.313 e. The highest BCUT2D eigenvalue weighted by Crippen LogP contribution is 2.31. The molecule has 6 heteroatoms. The normalized spacial score (nSPS) is 10.1. The summed E-state index contributed by atoms with van der Waals surface area (Å²) in [4.78, 5) is 22.6. The van der Waals surface area contributed by atoms with Gasteiger partial charge in [0.15, 0.2) is 5.78 Å². The van der Waals surface area contributed by atoms with Gasteiger partial charge in [0.2, 0.25) is 0 Å². The van der Waals surface area contributed by atoms with Crippen LogP contribution in [0.5, 0.6) is 5.75 Å². The van der Waals surface area contributed by atoms with Crippen molar-refractivity contribution in [3.05, 3.63) is 27.2 Å². The molecule has 0 saturated carbocycles. The third-order valence-electron chi connectivity index (χ3n) is 2.22. The van der Waals surface area contributed by atoms with Gasteiger partial charge in [-0.3, -0.25) is 9.59 Å². The number of benzene rings is 1. The molecule has 0 amide bonds. The average molecular weight is 350 g/mol. The van der Waals surface area contributed by atoms with Crippen molar-refractivity contribution in [1.29, 1.82) is 0 Å². The first-order chi connectivity index (χ1) is 8.93. The van der Waals surface area contributed by atoms with E-state index in [0.29, 0.717) is 10.8 Å². The maximum Gasteiger partial charge on any atom is 0.313 e. The Morgan fingerprint density at radius 3 is 2.63 bits per heavy atom. The largest absolute Gasteiger partial charge is 0.484 e. The lowest BCUT2D eigenvalue weighted by molar-refractivity contribution is -0.145. The van der Waals surface area contributed by atoms with Crippen LogP contribution in [0, 0.1) is 6.92 Å². The Morgan fingerprint density at radius 2 is 2.05 bits per heavy atom. The third-order valence-corrected chi connectivity index (χ3v) is 2.96. The van der Waals surface area contributed by atoms with Gasteiger partial charge in [0.05, 0.1) is 11.6 Å². The van der Waals surface area contributed by atoms with Gasteiger partial charge in [0.25, 0.3) is 0 Å². The molecule has 1 rings (SSSR count). The number of carbonyl (C=O) groups is 2. The van der Waals surface area contributed by atoms with Crippen LogP contribution in [0.3, 0.4) is 0 Å². The Balaban J connectivity index is 2.58. The number of hydrogen-bond acceptors (Lipinski definition) is 4. The summed E-state index contributed by atoms with van der Waals surface area (Å²) in [7, 11) is 0. The van der Waals surface area contributed by atoms with Crippen molar-refractivity contribution in [2.24, 2.45) is 0 Å². The van der Waals surface area contributed by atoms with E-state index >= 15 is 0 Å². The Labute approximate surface area is 125 Å². The Morgan fingerprint density at radius 1 is 1.37 bits per heavy atom. The van der Waals surface area contributed by atoms with Crippen molar-refractivity contribution in [1.82, 2.24) is 0 Å². The molecule has 0 fully saturated rings. The number of esters is 1. The van der Waals surface area contributed by atoms with Gasteiger partial charge in [-0.25, -0.2) is 0 Å². The lowest BCUT2D eigenvalue weighted by Gasteiger charge is -2.10. The second kappa shape index (κ2) is 7.50. The second-order valence-electron chi connectivity index (χ2n) is 3.84. The number of hydrogen-bond donors (Lipinski definition) is 0. The van der Waals surface area contributed by atoms with Crippen molar-refractivity contribution in [3.8, 4) is 5.75 Å². The number of aryl methyl sites for hydroxylation is 1. The minimum atomic E-state index is -0.547. The predicted octanol–water partition coefficient (Wildman–Crippen LogP) is 3.31. The van der Waals surface area contributed by atoms with Crippen molar-refractivity contribution >= 4 is 39.3 Å². The topological polar surface area (TPSA) is 52.6 Å². The Hall–Kier alpha value is -1.07. The zero-order chi connectivity index (χ0) is 14.4. The van der Waals surface area contributed by atoms with Crippen molar-refractivity contribution < 1.29 is 19.1 Å². The summed E-state index contributed by atoms with van der Waals surface area (Å²) in [6.07, 6.45) is -0.291. The van der Waals surface area contributed by atoms with E-state index in [1.54, 1.807) is 13.0 Å². The van der Waals surface area contributed by atoms with Crippen LogP contribution in [0.1, 0.15) is 18.9 Å². The molecule has 0 radical (unpaired) electrons. The molecule has 0 heterocycles. The molecule has 104 valence electrons. The summed E-state index contributed by atoms with van der Waals surface area (Å²) in [5.41, 5.74) is 0.809. The lowest BCUT2D eigenvalue weighted by Crippen LogP contribution is -2.17. The van der Waals surface area contributed by atoms with Crippen LogP contribution in [0.25, 0.3) is 0 Å². The van der Waals surface area contributed by atoms with Gasteiger partial charge in [-0.15, -0.1) is 0 Å². The van der Waals surface area contributed by atoms with Gasteiger partial charge in [0.1, 0.15) is 18.8 Å². The van der Waals surface area contributed by atoms with E-state index in [1.165, 1.54) is 0 Å². The molecule has 0 aromatic heterocycles. The number of ketones is 1. The second-order valence-corrected chi connectivity index (χ2v) is 5.17. The fourth-order valence-corrected chi connectivity index (χ4v) is 2.47. The standard InChI is InChI=1S/C13H14BrClO4/c1-3-18-12(17)6-10(16)7-19-13-8(2)4-9(14)5-11(13)15/h4-5H,3,6-7H2,1-2H3. The summed E-state index contributed by atoms with van der Waals surface area (Å²) in [6.45, 7) is 3.55. The van der Waals surface area contributed by atoms with Crippen LogP contribution in [0.2, 0.25) is 5.02 Å². The maximum absolute atomic E-state index is 11.5. The molecule has 0 aliphatic carbocycles. The molecule has 0 bridgehead atoms. The van der Waals surface area contributed by atoms with Crippen LogP contribution < -0.4 is 4.74 Å². The summed E-state index contributed by atoms with van der Waals surface area (Å²) >= 11 is 9.32. The monoisotopic (exact) mass is 348 g/mol. The highest BCUT2D eigenvalue weighted by Gasteiger charge is 2.13. The molecule has 0 unspecified atom stereocenters. The lowest BCUT2D eigenvalue weighted by atomic mass is 10.2. The highest BCUT2D eigenvalue weighted by atomic mass is 79.9. The molecule has 1 aromatic rings. The minimum Gasteiger partial charge on any atom is -0.484 e. The maximum atomic E-state index is 11.5.